The zero-order valence-electron chi connectivity index (χ0n) is 9.51. The second kappa shape index (κ2) is 4.47. The van der Waals surface area contributed by atoms with Gasteiger partial charge in [0.1, 0.15) is 0 Å². The van der Waals surface area contributed by atoms with Crippen LogP contribution in [0.3, 0.4) is 0 Å². The van der Waals surface area contributed by atoms with Crippen LogP contribution in [-0.2, 0) is 0 Å². The Morgan fingerprint density at radius 2 is 1.47 bits per heavy atom. The quantitative estimate of drug-likeness (QED) is 0.571. The first-order valence-corrected chi connectivity index (χ1v) is 7.23. The fourth-order valence-electron chi connectivity index (χ4n) is 1.83. The van der Waals surface area contributed by atoms with Gasteiger partial charge in [-0.25, -0.2) is 0 Å². The number of hydrogen-bond donors (Lipinski definition) is 0. The Labute approximate surface area is 109 Å². The zero-order chi connectivity index (χ0) is 11.7. The van der Waals surface area contributed by atoms with Gasteiger partial charge < -0.3 is 0 Å². The van der Waals surface area contributed by atoms with Crippen molar-refractivity contribution in [1.82, 2.24) is 0 Å². The molecule has 0 unspecified atom stereocenters. The molecule has 0 nitrogen and oxygen atoms in total. The van der Waals surface area contributed by atoms with Crippen LogP contribution >= 0.6 is 22.7 Å². The van der Waals surface area contributed by atoms with E-state index in [1.54, 1.807) is 11.3 Å². The molecule has 0 radical (unpaired) electrons. The van der Waals surface area contributed by atoms with Crippen molar-refractivity contribution in [1.29, 1.82) is 0 Å². The van der Waals surface area contributed by atoms with Crippen LogP contribution in [0.15, 0.2) is 53.9 Å². The third-order valence-electron chi connectivity index (χ3n) is 2.72. The van der Waals surface area contributed by atoms with Crippen molar-refractivity contribution in [2.24, 2.45) is 0 Å². The Balaban J connectivity index is 1.95. The van der Waals surface area contributed by atoms with Crippen LogP contribution in [0.2, 0.25) is 0 Å². The van der Waals surface area contributed by atoms with Crippen molar-refractivity contribution in [2.75, 3.05) is 0 Å². The van der Waals surface area contributed by atoms with E-state index >= 15 is 0 Å². The predicted molar refractivity (Wildman–Crippen MR) is 77.8 cm³/mol. The fraction of sp³-hybridized carbons (Fsp3) is 0.0667. The van der Waals surface area contributed by atoms with Crippen molar-refractivity contribution in [3.8, 4) is 20.9 Å². The van der Waals surface area contributed by atoms with Gasteiger partial charge in [0.2, 0.25) is 0 Å². The summed E-state index contributed by atoms with van der Waals surface area (Å²) in [5.41, 5.74) is 2.61. The van der Waals surface area contributed by atoms with E-state index in [0.717, 1.165) is 0 Å². The van der Waals surface area contributed by atoms with Crippen LogP contribution in [0.1, 0.15) is 4.88 Å². The standard InChI is InChI=1S/C15H12S2/c1-11-4-9-15(17-11)13-7-5-12(6-8-13)14-3-2-10-16-14/h2-10H,1H3. The average molecular weight is 256 g/mol. The highest BCUT2D eigenvalue weighted by Gasteiger charge is 2.02. The third-order valence-corrected chi connectivity index (χ3v) is 4.68. The van der Waals surface area contributed by atoms with Gasteiger partial charge in [0.25, 0.3) is 0 Å². The van der Waals surface area contributed by atoms with Gasteiger partial charge in [-0.3, -0.25) is 0 Å². The SMILES string of the molecule is Cc1ccc(-c2ccc(-c3cccs3)cc2)s1. The first kappa shape index (κ1) is 10.8. The first-order valence-electron chi connectivity index (χ1n) is 5.54. The highest BCUT2D eigenvalue weighted by atomic mass is 32.1. The molecule has 0 aliphatic carbocycles. The molecule has 2 heterocycles. The smallest absolute Gasteiger partial charge is 0.0345 e. The Morgan fingerprint density at radius 1 is 0.765 bits per heavy atom. The molecule has 17 heavy (non-hydrogen) atoms. The average Bonchev–Trinajstić information content (AvgIpc) is 3.00. The van der Waals surface area contributed by atoms with E-state index in [1.807, 2.05) is 11.3 Å². The van der Waals surface area contributed by atoms with Gasteiger partial charge in [-0.05, 0) is 41.6 Å². The lowest BCUT2D eigenvalue weighted by atomic mass is 10.1. The zero-order valence-corrected chi connectivity index (χ0v) is 11.1. The molecule has 0 saturated carbocycles. The van der Waals surface area contributed by atoms with Crippen LogP contribution in [0.4, 0.5) is 0 Å². The monoisotopic (exact) mass is 256 g/mol. The molecule has 0 N–H and O–H groups in total. The summed E-state index contributed by atoms with van der Waals surface area (Å²) in [5.74, 6) is 0. The molecule has 3 aromatic rings. The lowest BCUT2D eigenvalue weighted by Gasteiger charge is -2.00. The summed E-state index contributed by atoms with van der Waals surface area (Å²) >= 11 is 3.63. The second-order valence-electron chi connectivity index (χ2n) is 3.96. The Kier molecular flexibility index (Phi) is 2.83. The van der Waals surface area contributed by atoms with Crippen molar-refractivity contribution in [2.45, 2.75) is 6.92 Å². The second-order valence-corrected chi connectivity index (χ2v) is 6.20. The summed E-state index contributed by atoms with van der Waals surface area (Å²) in [5, 5.41) is 2.12. The number of aryl methyl sites for hydroxylation is 1. The van der Waals surface area contributed by atoms with Gasteiger partial charge in [0, 0.05) is 14.6 Å². The summed E-state index contributed by atoms with van der Waals surface area (Å²) in [6.45, 7) is 2.15. The third kappa shape index (κ3) is 2.19. The van der Waals surface area contributed by atoms with Crippen molar-refractivity contribution < 1.29 is 0 Å². The van der Waals surface area contributed by atoms with E-state index in [2.05, 4.69) is 60.8 Å². The molecule has 0 amide bonds. The molecule has 0 spiro atoms. The lowest BCUT2D eigenvalue weighted by Crippen LogP contribution is -1.74. The Morgan fingerprint density at radius 3 is 2.00 bits per heavy atom. The summed E-state index contributed by atoms with van der Waals surface area (Å²) in [7, 11) is 0. The highest BCUT2D eigenvalue weighted by Crippen LogP contribution is 2.30. The topological polar surface area (TPSA) is 0 Å². The maximum atomic E-state index is 2.21. The molecule has 0 bridgehead atoms. The summed E-state index contributed by atoms with van der Waals surface area (Å²) in [6, 6.07) is 17.5. The summed E-state index contributed by atoms with van der Waals surface area (Å²) in [6.07, 6.45) is 0. The maximum absolute atomic E-state index is 2.21. The Bertz CT molecular complexity index is 601. The summed E-state index contributed by atoms with van der Waals surface area (Å²) in [4.78, 5) is 4.04. The summed E-state index contributed by atoms with van der Waals surface area (Å²) < 4.78 is 0. The molecule has 3 rings (SSSR count). The largest absolute Gasteiger partial charge is 0.144 e. The predicted octanol–water partition coefficient (Wildman–Crippen LogP) is 5.45. The molecule has 0 fully saturated rings. The van der Waals surface area contributed by atoms with Crippen LogP contribution in [-0.4, -0.2) is 0 Å². The minimum atomic E-state index is 1.30. The van der Waals surface area contributed by atoms with Crippen molar-refractivity contribution in [3.63, 3.8) is 0 Å². The molecular formula is C15H12S2. The van der Waals surface area contributed by atoms with E-state index in [4.69, 9.17) is 0 Å². The maximum Gasteiger partial charge on any atom is 0.0345 e. The van der Waals surface area contributed by atoms with E-state index in [-0.39, 0.29) is 0 Å². The van der Waals surface area contributed by atoms with Gasteiger partial charge in [-0.1, -0.05) is 30.3 Å². The van der Waals surface area contributed by atoms with Gasteiger partial charge in [-0.2, -0.15) is 0 Å². The Hall–Kier alpha value is -1.38. The molecular weight excluding hydrogens is 244 g/mol. The molecule has 0 atom stereocenters. The van der Waals surface area contributed by atoms with E-state index in [1.165, 1.54) is 25.8 Å². The molecule has 2 heteroatoms. The van der Waals surface area contributed by atoms with Crippen LogP contribution in [0.5, 0.6) is 0 Å². The minimum Gasteiger partial charge on any atom is -0.144 e. The molecule has 84 valence electrons. The van der Waals surface area contributed by atoms with Crippen molar-refractivity contribution in [3.05, 3.63) is 58.8 Å². The van der Waals surface area contributed by atoms with Gasteiger partial charge >= 0.3 is 0 Å². The molecule has 0 aliphatic rings. The first-order chi connectivity index (χ1) is 8.33. The van der Waals surface area contributed by atoms with Crippen LogP contribution in [0.25, 0.3) is 20.9 Å². The van der Waals surface area contributed by atoms with E-state index in [9.17, 15) is 0 Å². The van der Waals surface area contributed by atoms with Crippen LogP contribution in [0, 0.1) is 6.92 Å². The van der Waals surface area contributed by atoms with Gasteiger partial charge in [-0.15, -0.1) is 22.7 Å². The van der Waals surface area contributed by atoms with E-state index in [0.29, 0.717) is 0 Å². The van der Waals surface area contributed by atoms with Gasteiger partial charge in [0.15, 0.2) is 0 Å². The molecule has 0 aliphatic heterocycles. The van der Waals surface area contributed by atoms with Crippen LogP contribution < -0.4 is 0 Å². The molecule has 1 aromatic carbocycles. The fourth-order valence-corrected chi connectivity index (χ4v) is 3.44. The molecule has 0 saturated heterocycles. The normalized spacial score (nSPS) is 10.6. The minimum absolute atomic E-state index is 1.30. The highest BCUT2D eigenvalue weighted by molar-refractivity contribution is 7.15. The number of hydrogen-bond acceptors (Lipinski definition) is 2. The number of rotatable bonds is 2. The van der Waals surface area contributed by atoms with Gasteiger partial charge in [0.05, 0.1) is 0 Å². The van der Waals surface area contributed by atoms with Crippen molar-refractivity contribution >= 4 is 22.7 Å². The number of benzene rings is 1. The lowest BCUT2D eigenvalue weighted by molar-refractivity contribution is 1.64. The number of thiophene rings is 2. The molecule has 2 aromatic heterocycles. The van der Waals surface area contributed by atoms with E-state index < -0.39 is 0 Å².